The summed E-state index contributed by atoms with van der Waals surface area (Å²) in [5, 5.41) is 9.86. The lowest BCUT2D eigenvalue weighted by molar-refractivity contribution is 0.214. The van der Waals surface area contributed by atoms with Gasteiger partial charge in [0.1, 0.15) is 11.9 Å². The molecule has 2 aromatic rings. The molecule has 0 saturated heterocycles. The lowest BCUT2D eigenvalue weighted by atomic mass is 10.1. The minimum Gasteiger partial charge on any atom is -0.382 e. The monoisotopic (exact) mass is 204 g/mol. The second kappa shape index (κ2) is 4.14. The zero-order valence-corrected chi connectivity index (χ0v) is 7.84. The highest BCUT2D eigenvalue weighted by atomic mass is 19.1. The molecule has 0 amide bonds. The number of benzene rings is 1. The van der Waals surface area contributed by atoms with Crippen LogP contribution in [0.15, 0.2) is 42.9 Å². The lowest BCUT2D eigenvalue weighted by Crippen LogP contribution is -2.02. The number of aliphatic hydroxyl groups is 1. The van der Waals surface area contributed by atoms with Crippen LogP contribution in [0.25, 0.3) is 0 Å². The van der Waals surface area contributed by atoms with Crippen LogP contribution in [0.5, 0.6) is 0 Å². The SMILES string of the molecule is OC(c1ccc(F)cc1)c1cnccn1. The minimum atomic E-state index is -0.862. The van der Waals surface area contributed by atoms with Crippen molar-refractivity contribution in [3.8, 4) is 0 Å². The molecule has 0 aliphatic carbocycles. The van der Waals surface area contributed by atoms with Crippen molar-refractivity contribution in [2.75, 3.05) is 0 Å². The molecule has 0 bridgehead atoms. The highest BCUT2D eigenvalue weighted by molar-refractivity contribution is 5.24. The van der Waals surface area contributed by atoms with Gasteiger partial charge in [0, 0.05) is 12.4 Å². The summed E-state index contributed by atoms with van der Waals surface area (Å²) in [7, 11) is 0. The number of aromatic nitrogens is 2. The van der Waals surface area contributed by atoms with E-state index in [1.165, 1.54) is 42.9 Å². The van der Waals surface area contributed by atoms with Gasteiger partial charge in [-0.2, -0.15) is 0 Å². The Morgan fingerprint density at radius 1 is 1.13 bits per heavy atom. The van der Waals surface area contributed by atoms with Crippen LogP contribution in [-0.2, 0) is 0 Å². The Morgan fingerprint density at radius 3 is 2.47 bits per heavy atom. The van der Waals surface area contributed by atoms with E-state index in [1.54, 1.807) is 0 Å². The lowest BCUT2D eigenvalue weighted by Gasteiger charge is -2.09. The van der Waals surface area contributed by atoms with E-state index in [0.717, 1.165) is 0 Å². The second-order valence-corrected chi connectivity index (χ2v) is 3.08. The van der Waals surface area contributed by atoms with Crippen molar-refractivity contribution in [1.29, 1.82) is 0 Å². The molecule has 76 valence electrons. The third-order valence-corrected chi connectivity index (χ3v) is 2.05. The maximum Gasteiger partial charge on any atom is 0.123 e. The minimum absolute atomic E-state index is 0.329. The van der Waals surface area contributed by atoms with E-state index in [4.69, 9.17) is 0 Å². The van der Waals surface area contributed by atoms with Gasteiger partial charge in [-0.15, -0.1) is 0 Å². The van der Waals surface area contributed by atoms with E-state index < -0.39 is 6.10 Å². The average molecular weight is 204 g/mol. The molecular weight excluding hydrogens is 195 g/mol. The topological polar surface area (TPSA) is 46.0 Å². The molecule has 1 aromatic carbocycles. The molecule has 1 aromatic heterocycles. The van der Waals surface area contributed by atoms with Crippen molar-refractivity contribution in [3.63, 3.8) is 0 Å². The van der Waals surface area contributed by atoms with Crippen molar-refractivity contribution < 1.29 is 9.50 Å². The first-order valence-corrected chi connectivity index (χ1v) is 4.47. The highest BCUT2D eigenvalue weighted by Crippen LogP contribution is 2.18. The average Bonchev–Trinajstić information content (AvgIpc) is 2.30. The maximum atomic E-state index is 12.6. The van der Waals surface area contributed by atoms with Gasteiger partial charge in [0.05, 0.1) is 11.9 Å². The van der Waals surface area contributed by atoms with Gasteiger partial charge >= 0.3 is 0 Å². The second-order valence-electron chi connectivity index (χ2n) is 3.08. The molecular formula is C11H9FN2O. The predicted octanol–water partition coefficient (Wildman–Crippen LogP) is 1.70. The van der Waals surface area contributed by atoms with Crippen LogP contribution in [0.3, 0.4) is 0 Å². The number of hydrogen-bond acceptors (Lipinski definition) is 3. The van der Waals surface area contributed by atoms with E-state index in [0.29, 0.717) is 11.3 Å². The Balaban J connectivity index is 2.29. The Hall–Kier alpha value is -1.81. The van der Waals surface area contributed by atoms with Gasteiger partial charge in [0.25, 0.3) is 0 Å². The van der Waals surface area contributed by atoms with E-state index in [2.05, 4.69) is 9.97 Å². The normalized spacial score (nSPS) is 12.4. The molecule has 0 aliphatic heterocycles. The van der Waals surface area contributed by atoms with Crippen LogP contribution < -0.4 is 0 Å². The molecule has 3 nitrogen and oxygen atoms in total. The fraction of sp³-hybridized carbons (Fsp3) is 0.0909. The summed E-state index contributed by atoms with van der Waals surface area (Å²) in [5.74, 6) is -0.329. The van der Waals surface area contributed by atoms with Gasteiger partial charge < -0.3 is 5.11 Å². The van der Waals surface area contributed by atoms with Crippen molar-refractivity contribution in [3.05, 3.63) is 59.9 Å². The summed E-state index contributed by atoms with van der Waals surface area (Å²) >= 11 is 0. The van der Waals surface area contributed by atoms with Gasteiger partial charge in [-0.1, -0.05) is 12.1 Å². The Kier molecular flexibility index (Phi) is 2.69. The number of hydrogen-bond donors (Lipinski definition) is 1. The van der Waals surface area contributed by atoms with Crippen LogP contribution in [0.4, 0.5) is 4.39 Å². The molecule has 0 radical (unpaired) electrons. The summed E-state index contributed by atoms with van der Waals surface area (Å²) < 4.78 is 12.6. The summed E-state index contributed by atoms with van der Waals surface area (Å²) in [5.41, 5.74) is 1.04. The van der Waals surface area contributed by atoms with E-state index in [9.17, 15) is 9.50 Å². The smallest absolute Gasteiger partial charge is 0.123 e. The van der Waals surface area contributed by atoms with E-state index >= 15 is 0 Å². The number of halogens is 1. The summed E-state index contributed by atoms with van der Waals surface area (Å²) in [6, 6.07) is 5.65. The van der Waals surface area contributed by atoms with Gasteiger partial charge in [0.2, 0.25) is 0 Å². The van der Waals surface area contributed by atoms with Crippen molar-refractivity contribution in [1.82, 2.24) is 9.97 Å². The molecule has 1 atom stereocenters. The van der Waals surface area contributed by atoms with Crippen LogP contribution in [0, 0.1) is 5.82 Å². The Labute approximate surface area is 86.3 Å². The quantitative estimate of drug-likeness (QED) is 0.809. The maximum absolute atomic E-state index is 12.6. The third kappa shape index (κ3) is 2.16. The zero-order chi connectivity index (χ0) is 10.7. The van der Waals surface area contributed by atoms with Gasteiger partial charge in [0.15, 0.2) is 0 Å². The van der Waals surface area contributed by atoms with Crippen LogP contribution in [-0.4, -0.2) is 15.1 Å². The number of aliphatic hydroxyl groups excluding tert-OH is 1. The molecule has 0 spiro atoms. The molecule has 1 heterocycles. The van der Waals surface area contributed by atoms with Crippen molar-refractivity contribution >= 4 is 0 Å². The standard InChI is InChI=1S/C11H9FN2O/c12-9-3-1-8(2-4-9)11(15)10-7-13-5-6-14-10/h1-7,11,15H. The fourth-order valence-corrected chi connectivity index (χ4v) is 1.27. The molecule has 1 unspecified atom stereocenters. The van der Waals surface area contributed by atoms with E-state index in [-0.39, 0.29) is 5.82 Å². The van der Waals surface area contributed by atoms with Gasteiger partial charge in [-0.25, -0.2) is 4.39 Å². The first kappa shape index (κ1) is 9.73. The Bertz CT molecular complexity index is 430. The summed E-state index contributed by atoms with van der Waals surface area (Å²) in [4.78, 5) is 7.82. The van der Waals surface area contributed by atoms with Crippen LogP contribution >= 0.6 is 0 Å². The van der Waals surface area contributed by atoms with Crippen LogP contribution in [0.2, 0.25) is 0 Å². The first-order valence-electron chi connectivity index (χ1n) is 4.47. The van der Waals surface area contributed by atoms with Crippen molar-refractivity contribution in [2.24, 2.45) is 0 Å². The fourth-order valence-electron chi connectivity index (χ4n) is 1.27. The predicted molar refractivity (Wildman–Crippen MR) is 52.5 cm³/mol. The van der Waals surface area contributed by atoms with Crippen LogP contribution in [0.1, 0.15) is 17.4 Å². The Morgan fingerprint density at radius 2 is 1.87 bits per heavy atom. The van der Waals surface area contributed by atoms with Gasteiger partial charge in [-0.3, -0.25) is 9.97 Å². The first-order chi connectivity index (χ1) is 7.27. The molecule has 0 saturated carbocycles. The molecule has 2 rings (SSSR count). The third-order valence-electron chi connectivity index (χ3n) is 2.05. The summed E-state index contributed by atoms with van der Waals surface area (Å²) in [6.07, 6.45) is 3.65. The van der Waals surface area contributed by atoms with E-state index in [1.807, 2.05) is 0 Å². The number of rotatable bonds is 2. The number of nitrogens with zero attached hydrogens (tertiary/aromatic N) is 2. The largest absolute Gasteiger partial charge is 0.382 e. The van der Waals surface area contributed by atoms with Crippen molar-refractivity contribution in [2.45, 2.75) is 6.10 Å². The highest BCUT2D eigenvalue weighted by Gasteiger charge is 2.11. The molecule has 4 heteroatoms. The molecule has 15 heavy (non-hydrogen) atoms. The zero-order valence-electron chi connectivity index (χ0n) is 7.84. The molecule has 0 fully saturated rings. The van der Waals surface area contributed by atoms with Gasteiger partial charge in [-0.05, 0) is 17.7 Å². The molecule has 0 aliphatic rings. The summed E-state index contributed by atoms with van der Waals surface area (Å²) in [6.45, 7) is 0. The molecule has 1 N–H and O–H groups in total.